The SMILES string of the molecule is O=C(NCCCn1ccnc1)c1cnc2ccccc2n1. The van der Waals surface area contributed by atoms with Crippen LogP contribution >= 0.6 is 0 Å². The molecule has 2 aromatic heterocycles. The first-order valence-corrected chi connectivity index (χ1v) is 6.79. The minimum Gasteiger partial charge on any atom is -0.351 e. The third kappa shape index (κ3) is 3.22. The number of hydrogen-bond donors (Lipinski definition) is 1. The van der Waals surface area contributed by atoms with Crippen molar-refractivity contribution < 1.29 is 4.79 Å². The second-order valence-corrected chi connectivity index (χ2v) is 4.65. The fraction of sp³-hybridized carbons (Fsp3) is 0.200. The van der Waals surface area contributed by atoms with Crippen LogP contribution in [0.4, 0.5) is 0 Å². The summed E-state index contributed by atoms with van der Waals surface area (Å²) < 4.78 is 1.97. The molecule has 3 aromatic rings. The molecule has 0 bridgehead atoms. The van der Waals surface area contributed by atoms with Gasteiger partial charge in [0.2, 0.25) is 0 Å². The maximum atomic E-state index is 12.0. The number of carbonyl (C=O) groups is 1. The van der Waals surface area contributed by atoms with E-state index in [1.54, 1.807) is 12.5 Å². The van der Waals surface area contributed by atoms with Gasteiger partial charge in [0.1, 0.15) is 5.69 Å². The van der Waals surface area contributed by atoms with E-state index in [1.807, 2.05) is 35.0 Å². The minimum absolute atomic E-state index is 0.195. The fourth-order valence-corrected chi connectivity index (χ4v) is 2.04. The molecule has 106 valence electrons. The number of imidazole rings is 1. The minimum atomic E-state index is -0.195. The molecule has 0 unspecified atom stereocenters. The van der Waals surface area contributed by atoms with Gasteiger partial charge in [0.15, 0.2) is 0 Å². The van der Waals surface area contributed by atoms with Crippen LogP contribution in [0.25, 0.3) is 11.0 Å². The maximum absolute atomic E-state index is 12.0. The van der Waals surface area contributed by atoms with Crippen molar-refractivity contribution in [3.05, 3.63) is 54.9 Å². The van der Waals surface area contributed by atoms with Crippen molar-refractivity contribution in [2.45, 2.75) is 13.0 Å². The Morgan fingerprint density at radius 3 is 2.90 bits per heavy atom. The van der Waals surface area contributed by atoms with Crippen LogP contribution in [-0.4, -0.2) is 32.0 Å². The summed E-state index contributed by atoms with van der Waals surface area (Å²) in [5, 5.41) is 2.85. The van der Waals surface area contributed by atoms with Gasteiger partial charge in [-0.15, -0.1) is 0 Å². The highest BCUT2D eigenvalue weighted by atomic mass is 16.1. The lowest BCUT2D eigenvalue weighted by atomic mass is 10.3. The summed E-state index contributed by atoms with van der Waals surface area (Å²) in [6, 6.07) is 7.49. The summed E-state index contributed by atoms with van der Waals surface area (Å²) in [6.45, 7) is 1.41. The number of rotatable bonds is 5. The average molecular weight is 281 g/mol. The van der Waals surface area contributed by atoms with Crippen molar-refractivity contribution in [1.29, 1.82) is 0 Å². The first-order valence-electron chi connectivity index (χ1n) is 6.79. The van der Waals surface area contributed by atoms with Gasteiger partial charge in [0, 0.05) is 25.5 Å². The molecule has 0 aliphatic heterocycles. The van der Waals surface area contributed by atoms with Crippen LogP contribution in [0.15, 0.2) is 49.2 Å². The monoisotopic (exact) mass is 281 g/mol. The van der Waals surface area contributed by atoms with Crippen LogP contribution in [-0.2, 0) is 6.54 Å². The number of aryl methyl sites for hydroxylation is 1. The van der Waals surface area contributed by atoms with Crippen LogP contribution in [0.3, 0.4) is 0 Å². The van der Waals surface area contributed by atoms with Gasteiger partial charge in [-0.2, -0.15) is 0 Å². The fourth-order valence-electron chi connectivity index (χ4n) is 2.04. The van der Waals surface area contributed by atoms with Gasteiger partial charge in [-0.05, 0) is 18.6 Å². The second kappa shape index (κ2) is 6.13. The summed E-state index contributed by atoms with van der Waals surface area (Å²) in [6.07, 6.45) is 7.74. The Kier molecular flexibility index (Phi) is 3.86. The molecule has 0 aliphatic carbocycles. The molecular formula is C15H15N5O. The third-order valence-electron chi connectivity index (χ3n) is 3.12. The van der Waals surface area contributed by atoms with E-state index in [2.05, 4.69) is 20.3 Å². The number of nitrogens with zero attached hydrogens (tertiary/aromatic N) is 4. The molecule has 0 saturated carbocycles. The van der Waals surface area contributed by atoms with E-state index in [-0.39, 0.29) is 5.91 Å². The smallest absolute Gasteiger partial charge is 0.271 e. The highest BCUT2D eigenvalue weighted by Gasteiger charge is 2.08. The number of aromatic nitrogens is 4. The van der Waals surface area contributed by atoms with E-state index in [4.69, 9.17) is 0 Å². The second-order valence-electron chi connectivity index (χ2n) is 4.65. The lowest BCUT2D eigenvalue weighted by Crippen LogP contribution is -2.26. The zero-order chi connectivity index (χ0) is 14.5. The van der Waals surface area contributed by atoms with Crippen LogP contribution < -0.4 is 5.32 Å². The van der Waals surface area contributed by atoms with Gasteiger partial charge < -0.3 is 9.88 Å². The molecule has 0 atom stereocenters. The lowest BCUT2D eigenvalue weighted by molar-refractivity contribution is 0.0948. The number of hydrogen-bond acceptors (Lipinski definition) is 4. The van der Waals surface area contributed by atoms with E-state index in [0.717, 1.165) is 24.0 Å². The summed E-state index contributed by atoms with van der Waals surface area (Å²) in [4.78, 5) is 24.5. The first kappa shape index (κ1) is 13.2. The van der Waals surface area contributed by atoms with Crippen LogP contribution in [0.1, 0.15) is 16.9 Å². The van der Waals surface area contributed by atoms with Crippen LogP contribution in [0.5, 0.6) is 0 Å². The summed E-state index contributed by atoms with van der Waals surface area (Å²) in [7, 11) is 0. The number of nitrogens with one attached hydrogen (secondary N) is 1. The number of amides is 1. The molecule has 1 amide bonds. The van der Waals surface area contributed by atoms with Crippen molar-refractivity contribution in [3.8, 4) is 0 Å². The Morgan fingerprint density at radius 1 is 1.24 bits per heavy atom. The van der Waals surface area contributed by atoms with Crippen molar-refractivity contribution in [2.75, 3.05) is 6.54 Å². The molecule has 6 heteroatoms. The van der Waals surface area contributed by atoms with Gasteiger partial charge in [-0.1, -0.05) is 12.1 Å². The zero-order valence-corrected chi connectivity index (χ0v) is 11.4. The van der Waals surface area contributed by atoms with Crippen LogP contribution in [0, 0.1) is 0 Å². The Labute approximate surface area is 121 Å². The highest BCUT2D eigenvalue weighted by Crippen LogP contribution is 2.08. The van der Waals surface area contributed by atoms with E-state index in [1.165, 1.54) is 6.20 Å². The Bertz CT molecular complexity index is 739. The molecule has 21 heavy (non-hydrogen) atoms. The zero-order valence-electron chi connectivity index (χ0n) is 11.4. The van der Waals surface area contributed by atoms with E-state index < -0.39 is 0 Å². The van der Waals surface area contributed by atoms with Crippen molar-refractivity contribution in [3.63, 3.8) is 0 Å². The van der Waals surface area contributed by atoms with E-state index in [0.29, 0.717) is 12.2 Å². The Hall–Kier alpha value is -2.76. The van der Waals surface area contributed by atoms with Gasteiger partial charge in [0.25, 0.3) is 5.91 Å². The number of carbonyl (C=O) groups excluding carboxylic acids is 1. The maximum Gasteiger partial charge on any atom is 0.271 e. The normalized spacial score (nSPS) is 10.7. The summed E-state index contributed by atoms with van der Waals surface area (Å²) in [5.74, 6) is -0.195. The molecule has 0 saturated heterocycles. The number of benzene rings is 1. The van der Waals surface area contributed by atoms with E-state index in [9.17, 15) is 4.79 Å². The first-order chi connectivity index (χ1) is 10.3. The number of fused-ring (bicyclic) bond motifs is 1. The van der Waals surface area contributed by atoms with Gasteiger partial charge in [-0.25, -0.2) is 9.97 Å². The molecule has 0 fully saturated rings. The highest BCUT2D eigenvalue weighted by molar-refractivity contribution is 5.93. The average Bonchev–Trinajstić information content (AvgIpc) is 3.04. The predicted molar refractivity (Wildman–Crippen MR) is 78.7 cm³/mol. The molecule has 2 heterocycles. The summed E-state index contributed by atoms with van der Waals surface area (Å²) in [5.41, 5.74) is 1.86. The molecule has 3 rings (SSSR count). The largest absolute Gasteiger partial charge is 0.351 e. The van der Waals surface area contributed by atoms with Crippen molar-refractivity contribution >= 4 is 16.9 Å². The standard InChI is InChI=1S/C15H15N5O/c21-15(17-6-3-8-20-9-7-16-11-20)14-10-18-12-4-1-2-5-13(12)19-14/h1-2,4-5,7,9-11H,3,6,8H2,(H,17,21). The molecule has 0 spiro atoms. The van der Waals surface area contributed by atoms with Crippen molar-refractivity contribution in [2.24, 2.45) is 0 Å². The number of para-hydroxylation sites is 2. The molecule has 0 aliphatic rings. The summed E-state index contributed by atoms with van der Waals surface area (Å²) >= 11 is 0. The quantitative estimate of drug-likeness (QED) is 0.722. The van der Waals surface area contributed by atoms with Crippen LogP contribution in [0.2, 0.25) is 0 Å². The van der Waals surface area contributed by atoms with Gasteiger partial charge in [-0.3, -0.25) is 9.78 Å². The van der Waals surface area contributed by atoms with Crippen molar-refractivity contribution in [1.82, 2.24) is 24.8 Å². The molecule has 0 radical (unpaired) electrons. The third-order valence-corrected chi connectivity index (χ3v) is 3.12. The Balaban J connectivity index is 1.56. The molecule has 1 aromatic carbocycles. The predicted octanol–water partition coefficient (Wildman–Crippen LogP) is 1.65. The topological polar surface area (TPSA) is 72.7 Å². The molecule has 6 nitrogen and oxygen atoms in total. The molecule has 1 N–H and O–H groups in total. The van der Waals surface area contributed by atoms with E-state index >= 15 is 0 Å². The lowest BCUT2D eigenvalue weighted by Gasteiger charge is -2.05. The Morgan fingerprint density at radius 2 is 2.10 bits per heavy atom. The van der Waals surface area contributed by atoms with Gasteiger partial charge >= 0.3 is 0 Å². The molecular weight excluding hydrogens is 266 g/mol. The van der Waals surface area contributed by atoms with Gasteiger partial charge in [0.05, 0.1) is 23.6 Å².